The van der Waals surface area contributed by atoms with E-state index in [0.717, 1.165) is 5.56 Å². The van der Waals surface area contributed by atoms with Crippen LogP contribution in [0.2, 0.25) is 0 Å². The molecule has 0 unspecified atom stereocenters. The molecule has 0 radical (unpaired) electrons. The summed E-state index contributed by atoms with van der Waals surface area (Å²) in [5.41, 5.74) is 1.34. The summed E-state index contributed by atoms with van der Waals surface area (Å²) in [4.78, 5) is 26.9. The van der Waals surface area contributed by atoms with Gasteiger partial charge in [-0.2, -0.15) is 0 Å². The molecule has 7 nitrogen and oxygen atoms in total. The van der Waals surface area contributed by atoms with Crippen molar-refractivity contribution < 1.29 is 24.5 Å². The molecule has 2 aromatic rings. The van der Waals surface area contributed by atoms with Gasteiger partial charge in [0.25, 0.3) is 0 Å². The van der Waals surface area contributed by atoms with E-state index in [2.05, 4.69) is 10.3 Å². The number of nitrogens with zero attached hydrogens (tertiary/aromatic N) is 1. The molecule has 24 heavy (non-hydrogen) atoms. The van der Waals surface area contributed by atoms with E-state index in [1.165, 1.54) is 18.2 Å². The van der Waals surface area contributed by atoms with Gasteiger partial charge in [0, 0.05) is 18.4 Å². The lowest BCUT2D eigenvalue weighted by molar-refractivity contribution is 0.0695. The van der Waals surface area contributed by atoms with Crippen LogP contribution in [0, 0.1) is 0 Å². The molecular weight excluding hydrogens is 312 g/mol. The maximum Gasteiger partial charge on any atom is 0.407 e. The van der Waals surface area contributed by atoms with Crippen molar-refractivity contribution in [3.05, 3.63) is 59.4 Å². The number of carbonyl (C=O) groups excluding carboxylic acids is 1. The van der Waals surface area contributed by atoms with Gasteiger partial charge in [0.1, 0.15) is 12.4 Å². The molecule has 1 aromatic heterocycles. The molecule has 1 atom stereocenters. The fraction of sp³-hybridized carbons (Fsp3) is 0.235. The van der Waals surface area contributed by atoms with Gasteiger partial charge >= 0.3 is 12.1 Å². The summed E-state index contributed by atoms with van der Waals surface area (Å²) < 4.78 is 5.10. The first kappa shape index (κ1) is 17.3. The second-order valence-electron chi connectivity index (χ2n) is 5.33. The SMILES string of the molecule is C[C@@H](Cc1ccc(O)cc1C(=O)O)NC(=O)OCc1ccncc1. The summed E-state index contributed by atoms with van der Waals surface area (Å²) in [6, 6.07) is 7.28. The van der Waals surface area contributed by atoms with Gasteiger partial charge in [-0.15, -0.1) is 0 Å². The number of benzene rings is 1. The quantitative estimate of drug-likeness (QED) is 0.750. The van der Waals surface area contributed by atoms with Crippen LogP contribution < -0.4 is 5.32 Å². The molecule has 7 heteroatoms. The number of ether oxygens (including phenoxy) is 1. The van der Waals surface area contributed by atoms with Crippen molar-refractivity contribution in [2.75, 3.05) is 0 Å². The van der Waals surface area contributed by atoms with Crippen LogP contribution in [-0.4, -0.2) is 33.3 Å². The highest BCUT2D eigenvalue weighted by molar-refractivity contribution is 5.90. The minimum Gasteiger partial charge on any atom is -0.508 e. The Kier molecular flexibility index (Phi) is 5.73. The van der Waals surface area contributed by atoms with E-state index < -0.39 is 12.1 Å². The number of rotatable bonds is 6. The minimum absolute atomic E-state index is 0.00815. The zero-order valence-electron chi connectivity index (χ0n) is 13.1. The third kappa shape index (κ3) is 4.98. The van der Waals surface area contributed by atoms with Gasteiger partial charge < -0.3 is 20.3 Å². The molecule has 0 spiro atoms. The second kappa shape index (κ2) is 7.96. The number of alkyl carbamates (subject to hydrolysis) is 1. The predicted molar refractivity (Wildman–Crippen MR) is 85.8 cm³/mol. The number of nitrogens with one attached hydrogen (secondary N) is 1. The number of aromatic hydroxyl groups is 1. The van der Waals surface area contributed by atoms with E-state index in [4.69, 9.17) is 9.84 Å². The zero-order valence-corrected chi connectivity index (χ0v) is 13.1. The first-order chi connectivity index (χ1) is 11.5. The van der Waals surface area contributed by atoms with E-state index in [0.29, 0.717) is 12.0 Å². The molecule has 0 saturated heterocycles. The number of carboxylic acids is 1. The van der Waals surface area contributed by atoms with Gasteiger partial charge in [-0.05, 0) is 48.7 Å². The van der Waals surface area contributed by atoms with Crippen LogP contribution in [0.15, 0.2) is 42.7 Å². The number of hydrogen-bond acceptors (Lipinski definition) is 5. The summed E-state index contributed by atoms with van der Waals surface area (Å²) in [6.45, 7) is 1.87. The Morgan fingerprint density at radius 3 is 2.62 bits per heavy atom. The molecular formula is C17H18N2O5. The number of phenols is 1. The third-order valence-corrected chi connectivity index (χ3v) is 3.33. The lowest BCUT2D eigenvalue weighted by Crippen LogP contribution is -2.34. The Bertz CT molecular complexity index is 718. The van der Waals surface area contributed by atoms with Gasteiger partial charge in [-0.1, -0.05) is 6.07 Å². The van der Waals surface area contributed by atoms with E-state index >= 15 is 0 Å². The molecule has 0 saturated carbocycles. The van der Waals surface area contributed by atoms with E-state index in [-0.39, 0.29) is 24.0 Å². The molecule has 1 amide bonds. The molecule has 2 rings (SSSR count). The van der Waals surface area contributed by atoms with Crippen molar-refractivity contribution in [3.8, 4) is 5.75 Å². The normalized spacial score (nSPS) is 11.5. The second-order valence-corrected chi connectivity index (χ2v) is 5.33. The first-order valence-corrected chi connectivity index (χ1v) is 7.33. The number of phenolic OH excluding ortho intramolecular Hbond substituents is 1. The van der Waals surface area contributed by atoms with Gasteiger partial charge in [0.05, 0.1) is 5.56 Å². The topological polar surface area (TPSA) is 109 Å². The van der Waals surface area contributed by atoms with Crippen LogP contribution in [-0.2, 0) is 17.8 Å². The van der Waals surface area contributed by atoms with Crippen LogP contribution in [0.1, 0.15) is 28.4 Å². The number of aromatic nitrogens is 1. The highest BCUT2D eigenvalue weighted by Crippen LogP contribution is 2.18. The van der Waals surface area contributed by atoms with Crippen molar-refractivity contribution in [2.45, 2.75) is 26.0 Å². The maximum absolute atomic E-state index is 11.8. The van der Waals surface area contributed by atoms with Crippen molar-refractivity contribution >= 4 is 12.1 Å². The monoisotopic (exact) mass is 330 g/mol. The third-order valence-electron chi connectivity index (χ3n) is 3.33. The largest absolute Gasteiger partial charge is 0.508 e. The molecule has 1 heterocycles. The summed E-state index contributed by atoms with van der Waals surface area (Å²) in [5.74, 6) is -1.25. The standard InChI is InChI=1S/C17H18N2O5/c1-11(8-13-2-3-14(20)9-15(13)16(21)22)19-17(23)24-10-12-4-6-18-7-5-12/h2-7,9,11,20H,8,10H2,1H3,(H,19,23)(H,21,22)/t11-/m0/s1. The number of carboxylic acid groups (broad SMARTS) is 1. The van der Waals surface area contributed by atoms with Crippen molar-refractivity contribution in [1.29, 1.82) is 0 Å². The Morgan fingerprint density at radius 1 is 1.25 bits per heavy atom. The Hall–Kier alpha value is -3.09. The number of pyridine rings is 1. The molecule has 126 valence electrons. The molecule has 0 aliphatic carbocycles. The molecule has 0 aliphatic rings. The summed E-state index contributed by atoms with van der Waals surface area (Å²) in [6.07, 6.45) is 2.93. The van der Waals surface area contributed by atoms with Gasteiger partial charge in [0.15, 0.2) is 0 Å². The fourth-order valence-electron chi connectivity index (χ4n) is 2.19. The van der Waals surface area contributed by atoms with Gasteiger partial charge in [-0.25, -0.2) is 9.59 Å². The molecule has 0 bridgehead atoms. The molecule has 1 aromatic carbocycles. The van der Waals surface area contributed by atoms with Crippen molar-refractivity contribution in [3.63, 3.8) is 0 Å². The van der Waals surface area contributed by atoms with Crippen molar-refractivity contribution in [1.82, 2.24) is 10.3 Å². The van der Waals surface area contributed by atoms with Crippen molar-refractivity contribution in [2.24, 2.45) is 0 Å². The van der Waals surface area contributed by atoms with E-state index in [1.807, 2.05) is 0 Å². The number of amides is 1. The molecule has 0 fully saturated rings. The lowest BCUT2D eigenvalue weighted by Gasteiger charge is -2.15. The fourth-order valence-corrected chi connectivity index (χ4v) is 2.19. The minimum atomic E-state index is -1.13. The van der Waals surface area contributed by atoms with E-state index in [1.54, 1.807) is 31.5 Å². The van der Waals surface area contributed by atoms with Crippen LogP contribution in [0.3, 0.4) is 0 Å². The Balaban J connectivity index is 1.90. The average Bonchev–Trinajstić information content (AvgIpc) is 2.55. The highest BCUT2D eigenvalue weighted by Gasteiger charge is 2.15. The number of aromatic carboxylic acids is 1. The number of carbonyl (C=O) groups is 2. The smallest absolute Gasteiger partial charge is 0.407 e. The Morgan fingerprint density at radius 2 is 1.96 bits per heavy atom. The zero-order chi connectivity index (χ0) is 17.5. The van der Waals surface area contributed by atoms with Crippen LogP contribution >= 0.6 is 0 Å². The number of hydrogen-bond donors (Lipinski definition) is 3. The van der Waals surface area contributed by atoms with Gasteiger partial charge in [-0.3, -0.25) is 4.98 Å². The average molecular weight is 330 g/mol. The van der Waals surface area contributed by atoms with Crippen LogP contribution in [0.4, 0.5) is 4.79 Å². The summed E-state index contributed by atoms with van der Waals surface area (Å²) in [7, 11) is 0. The van der Waals surface area contributed by atoms with Crippen LogP contribution in [0.5, 0.6) is 5.75 Å². The van der Waals surface area contributed by atoms with Crippen LogP contribution in [0.25, 0.3) is 0 Å². The summed E-state index contributed by atoms with van der Waals surface area (Å²) in [5, 5.41) is 21.2. The Labute approximate surface area is 138 Å². The van der Waals surface area contributed by atoms with Gasteiger partial charge in [0.2, 0.25) is 0 Å². The molecule has 3 N–H and O–H groups in total. The first-order valence-electron chi connectivity index (χ1n) is 7.33. The molecule has 0 aliphatic heterocycles. The predicted octanol–water partition coefficient (Wildman–Crippen LogP) is 2.34. The summed E-state index contributed by atoms with van der Waals surface area (Å²) >= 11 is 0. The highest BCUT2D eigenvalue weighted by atomic mass is 16.5. The maximum atomic E-state index is 11.8. The lowest BCUT2D eigenvalue weighted by atomic mass is 10.0. The van der Waals surface area contributed by atoms with E-state index in [9.17, 15) is 14.7 Å².